The largest absolute Gasteiger partial charge is 0.481 e. The second kappa shape index (κ2) is 8.23. The number of carboxylic acids is 1. The van der Waals surface area contributed by atoms with Gasteiger partial charge < -0.3 is 15.3 Å². The minimum absolute atomic E-state index is 0.0558. The lowest BCUT2D eigenvalue weighted by molar-refractivity contribution is -0.138. The SMILES string of the molecule is CC(CC(=O)O)CC(=O)NC(=O)NCC(=O)N1CCCC1. The highest BCUT2D eigenvalue weighted by Gasteiger charge is 2.19. The molecule has 0 aliphatic carbocycles. The maximum atomic E-state index is 11.7. The lowest BCUT2D eigenvalue weighted by Crippen LogP contribution is -2.45. The van der Waals surface area contributed by atoms with Gasteiger partial charge in [0.25, 0.3) is 0 Å². The normalized spacial score (nSPS) is 15.4. The van der Waals surface area contributed by atoms with Crippen LogP contribution in [0.25, 0.3) is 0 Å². The molecule has 1 unspecified atom stereocenters. The lowest BCUT2D eigenvalue weighted by Gasteiger charge is -2.15. The molecule has 4 amide bonds. The van der Waals surface area contributed by atoms with Crippen molar-refractivity contribution in [2.75, 3.05) is 19.6 Å². The summed E-state index contributed by atoms with van der Waals surface area (Å²) >= 11 is 0. The van der Waals surface area contributed by atoms with Crippen molar-refractivity contribution in [3.8, 4) is 0 Å². The van der Waals surface area contributed by atoms with Gasteiger partial charge in [0.1, 0.15) is 0 Å². The van der Waals surface area contributed by atoms with Gasteiger partial charge in [-0.2, -0.15) is 0 Å². The van der Waals surface area contributed by atoms with Gasteiger partial charge in [-0.3, -0.25) is 19.7 Å². The number of likely N-dealkylation sites (tertiary alicyclic amines) is 1. The smallest absolute Gasteiger partial charge is 0.321 e. The van der Waals surface area contributed by atoms with Crippen LogP contribution in [0.4, 0.5) is 4.79 Å². The number of carbonyl (C=O) groups is 4. The van der Waals surface area contributed by atoms with Gasteiger partial charge in [-0.15, -0.1) is 0 Å². The van der Waals surface area contributed by atoms with Crippen LogP contribution < -0.4 is 10.6 Å². The zero-order valence-electron chi connectivity index (χ0n) is 12.1. The van der Waals surface area contributed by atoms with Crippen molar-refractivity contribution < 1.29 is 24.3 Å². The van der Waals surface area contributed by atoms with Crippen LogP contribution in [0.5, 0.6) is 0 Å². The Labute approximate surface area is 122 Å². The zero-order chi connectivity index (χ0) is 15.8. The molecule has 8 heteroatoms. The summed E-state index contributed by atoms with van der Waals surface area (Å²) in [7, 11) is 0. The van der Waals surface area contributed by atoms with E-state index in [1.165, 1.54) is 0 Å². The van der Waals surface area contributed by atoms with E-state index in [0.29, 0.717) is 13.1 Å². The first kappa shape index (κ1) is 16.9. The summed E-state index contributed by atoms with van der Waals surface area (Å²) in [6.45, 7) is 2.87. The van der Waals surface area contributed by atoms with E-state index in [4.69, 9.17) is 5.11 Å². The number of hydrogen-bond donors (Lipinski definition) is 3. The Bertz CT molecular complexity index is 418. The molecule has 21 heavy (non-hydrogen) atoms. The Morgan fingerprint density at radius 1 is 1.14 bits per heavy atom. The molecule has 0 aromatic carbocycles. The number of nitrogens with one attached hydrogen (secondary N) is 2. The molecule has 118 valence electrons. The van der Waals surface area contributed by atoms with Crippen molar-refractivity contribution in [1.29, 1.82) is 0 Å². The quantitative estimate of drug-likeness (QED) is 0.635. The van der Waals surface area contributed by atoms with E-state index >= 15 is 0 Å². The fourth-order valence-electron chi connectivity index (χ4n) is 2.14. The Morgan fingerprint density at radius 3 is 2.33 bits per heavy atom. The van der Waals surface area contributed by atoms with Gasteiger partial charge >= 0.3 is 12.0 Å². The van der Waals surface area contributed by atoms with E-state index < -0.39 is 17.9 Å². The first-order chi connectivity index (χ1) is 9.88. The number of aliphatic carboxylic acids is 1. The fourth-order valence-corrected chi connectivity index (χ4v) is 2.14. The Balaban J connectivity index is 2.21. The van der Waals surface area contributed by atoms with Crippen molar-refractivity contribution in [1.82, 2.24) is 15.5 Å². The average molecular weight is 299 g/mol. The number of urea groups is 1. The van der Waals surface area contributed by atoms with Gasteiger partial charge in [0.2, 0.25) is 11.8 Å². The molecule has 1 fully saturated rings. The van der Waals surface area contributed by atoms with Crippen molar-refractivity contribution in [2.24, 2.45) is 5.92 Å². The van der Waals surface area contributed by atoms with Gasteiger partial charge in [-0.25, -0.2) is 4.79 Å². The third-order valence-corrected chi connectivity index (χ3v) is 3.17. The van der Waals surface area contributed by atoms with Crippen LogP contribution in [0.2, 0.25) is 0 Å². The van der Waals surface area contributed by atoms with Crippen LogP contribution in [0.15, 0.2) is 0 Å². The number of carboxylic acid groups (broad SMARTS) is 1. The number of rotatable bonds is 6. The topological polar surface area (TPSA) is 116 Å². The van der Waals surface area contributed by atoms with Crippen LogP contribution in [-0.2, 0) is 14.4 Å². The molecular formula is C13H21N3O5. The molecule has 0 aromatic heterocycles. The summed E-state index contributed by atoms with van der Waals surface area (Å²) in [4.78, 5) is 46.7. The van der Waals surface area contributed by atoms with E-state index in [9.17, 15) is 19.2 Å². The first-order valence-corrected chi connectivity index (χ1v) is 6.95. The highest BCUT2D eigenvalue weighted by molar-refractivity contribution is 5.95. The second-order valence-corrected chi connectivity index (χ2v) is 5.23. The molecule has 1 aliphatic rings. The molecule has 1 rings (SSSR count). The Morgan fingerprint density at radius 2 is 1.76 bits per heavy atom. The van der Waals surface area contributed by atoms with E-state index in [1.54, 1.807) is 11.8 Å². The molecule has 8 nitrogen and oxygen atoms in total. The molecule has 3 N–H and O–H groups in total. The highest BCUT2D eigenvalue weighted by Crippen LogP contribution is 2.07. The van der Waals surface area contributed by atoms with Gasteiger partial charge in [0.05, 0.1) is 6.54 Å². The first-order valence-electron chi connectivity index (χ1n) is 6.95. The second-order valence-electron chi connectivity index (χ2n) is 5.23. The summed E-state index contributed by atoms with van der Waals surface area (Å²) in [5.74, 6) is -2.08. The molecule has 1 aliphatic heterocycles. The molecule has 1 atom stereocenters. The maximum Gasteiger partial charge on any atom is 0.321 e. The fraction of sp³-hybridized carbons (Fsp3) is 0.692. The molecule has 0 aromatic rings. The minimum atomic E-state index is -0.990. The van der Waals surface area contributed by atoms with Crippen molar-refractivity contribution >= 4 is 23.8 Å². The molecular weight excluding hydrogens is 278 g/mol. The number of nitrogens with zero attached hydrogens (tertiary/aromatic N) is 1. The summed E-state index contributed by atoms with van der Waals surface area (Å²) < 4.78 is 0. The number of hydrogen-bond acceptors (Lipinski definition) is 4. The van der Waals surface area contributed by atoms with Crippen LogP contribution in [0, 0.1) is 5.92 Å². The molecule has 0 radical (unpaired) electrons. The Hall–Kier alpha value is -2.12. The highest BCUT2D eigenvalue weighted by atomic mass is 16.4. The minimum Gasteiger partial charge on any atom is -0.481 e. The third-order valence-electron chi connectivity index (χ3n) is 3.17. The van der Waals surface area contributed by atoms with Crippen LogP contribution >= 0.6 is 0 Å². The van der Waals surface area contributed by atoms with Crippen LogP contribution in [0.1, 0.15) is 32.6 Å². The summed E-state index contributed by atoms with van der Waals surface area (Å²) in [5.41, 5.74) is 0. The standard InChI is InChI=1S/C13H21N3O5/c1-9(7-12(19)20)6-10(17)15-13(21)14-8-11(18)16-4-2-3-5-16/h9H,2-8H2,1H3,(H,19,20)(H2,14,15,17,21). The van der Waals surface area contributed by atoms with Crippen LogP contribution in [0.3, 0.4) is 0 Å². The zero-order valence-corrected chi connectivity index (χ0v) is 12.1. The van der Waals surface area contributed by atoms with Gasteiger partial charge in [0.15, 0.2) is 0 Å². The Kier molecular flexibility index (Phi) is 6.64. The maximum absolute atomic E-state index is 11.7. The van der Waals surface area contributed by atoms with Gasteiger partial charge in [-0.1, -0.05) is 6.92 Å². The van der Waals surface area contributed by atoms with Gasteiger partial charge in [0, 0.05) is 25.9 Å². The van der Waals surface area contributed by atoms with E-state index in [0.717, 1.165) is 12.8 Å². The van der Waals surface area contributed by atoms with Crippen molar-refractivity contribution in [2.45, 2.75) is 32.6 Å². The molecule has 1 saturated heterocycles. The van der Waals surface area contributed by atoms with Crippen molar-refractivity contribution in [3.63, 3.8) is 0 Å². The monoisotopic (exact) mass is 299 g/mol. The molecule has 1 heterocycles. The van der Waals surface area contributed by atoms with Crippen molar-refractivity contribution in [3.05, 3.63) is 0 Å². The lowest BCUT2D eigenvalue weighted by atomic mass is 10.0. The number of amides is 4. The number of carbonyl (C=O) groups excluding carboxylic acids is 3. The van der Waals surface area contributed by atoms with E-state index in [2.05, 4.69) is 10.6 Å². The molecule has 0 spiro atoms. The number of imide groups is 1. The summed E-state index contributed by atoms with van der Waals surface area (Å²) in [6, 6.07) is -0.741. The van der Waals surface area contributed by atoms with E-state index in [-0.39, 0.29) is 31.2 Å². The molecule has 0 saturated carbocycles. The van der Waals surface area contributed by atoms with E-state index in [1.807, 2.05) is 0 Å². The summed E-state index contributed by atoms with van der Waals surface area (Å²) in [6.07, 6.45) is 1.75. The van der Waals surface area contributed by atoms with Gasteiger partial charge in [-0.05, 0) is 18.8 Å². The average Bonchev–Trinajstić information content (AvgIpc) is 2.88. The third kappa shape index (κ3) is 6.73. The predicted molar refractivity (Wildman–Crippen MR) is 73.4 cm³/mol. The predicted octanol–water partition coefficient (Wildman–Crippen LogP) is -0.0645. The summed E-state index contributed by atoms with van der Waals surface area (Å²) in [5, 5.41) is 13.0. The molecule has 0 bridgehead atoms. The van der Waals surface area contributed by atoms with Crippen LogP contribution in [-0.4, -0.2) is 53.5 Å².